The minimum Gasteiger partial charge on any atom is -0.474 e. The number of amides is 2. The van der Waals surface area contributed by atoms with Gasteiger partial charge in [0.2, 0.25) is 5.88 Å². The van der Waals surface area contributed by atoms with Gasteiger partial charge in [0.1, 0.15) is 12.7 Å². The van der Waals surface area contributed by atoms with Gasteiger partial charge in [-0.3, -0.25) is 10.2 Å². The fourth-order valence-electron chi connectivity index (χ4n) is 4.34. The van der Waals surface area contributed by atoms with Crippen LogP contribution in [0.5, 0.6) is 5.88 Å². The molecule has 2 fully saturated rings. The molecule has 12 heteroatoms. The maximum absolute atomic E-state index is 13.2. The third kappa shape index (κ3) is 4.33. The van der Waals surface area contributed by atoms with Gasteiger partial charge in [-0.15, -0.1) is 0 Å². The summed E-state index contributed by atoms with van der Waals surface area (Å²) in [4.78, 5) is 41.8. The van der Waals surface area contributed by atoms with Gasteiger partial charge in [-0.1, -0.05) is 0 Å². The van der Waals surface area contributed by atoms with Crippen molar-refractivity contribution in [3.63, 3.8) is 0 Å². The first-order valence-electron chi connectivity index (χ1n) is 11.0. The molecule has 3 aliphatic heterocycles. The molecule has 5 rings (SSSR count). The second-order valence-electron chi connectivity index (χ2n) is 8.72. The quantitative estimate of drug-likeness (QED) is 0.646. The number of carbonyl (C=O) groups excluding carboxylic acids is 2. The van der Waals surface area contributed by atoms with Gasteiger partial charge in [0.15, 0.2) is 23.1 Å². The standard InChI is InChI=1S/C22H26N6O6/c1-22(2)33-12-14(34-22)11-32-18-9-23-17(8-24-18)26-21(30)28-13-6-7-27(10-13)16-5-4-15(20(29)31-3)25-19(16)28/h4-5,8-9,13-14H,6-7,10-12H2,1-3H3,(H,23,26,30)/t13-,14-/m0/s1. The van der Waals surface area contributed by atoms with Crippen LogP contribution in [-0.4, -0.2) is 78.3 Å². The van der Waals surface area contributed by atoms with Crippen molar-refractivity contribution in [2.45, 2.75) is 38.2 Å². The number of hydrogen-bond acceptors (Lipinski definition) is 10. The first kappa shape index (κ1) is 22.3. The number of urea groups is 1. The Kier molecular flexibility index (Phi) is 5.70. The SMILES string of the molecule is COC(=O)c1ccc2c(n1)N(C(=O)Nc1cnc(OC[C@H]3COC(C)(C)O3)cn1)[C@H]1CCN2C1. The van der Waals surface area contributed by atoms with Gasteiger partial charge in [0, 0.05) is 13.1 Å². The first-order chi connectivity index (χ1) is 16.3. The Hall–Kier alpha value is -3.51. The van der Waals surface area contributed by atoms with Crippen LogP contribution in [0.1, 0.15) is 30.8 Å². The molecule has 12 nitrogen and oxygen atoms in total. The number of methoxy groups -OCH3 is 1. The van der Waals surface area contributed by atoms with E-state index in [1.807, 2.05) is 13.8 Å². The summed E-state index contributed by atoms with van der Waals surface area (Å²) in [5.41, 5.74) is 0.940. The summed E-state index contributed by atoms with van der Waals surface area (Å²) in [6.45, 7) is 5.91. The van der Waals surface area contributed by atoms with E-state index >= 15 is 0 Å². The lowest BCUT2D eigenvalue weighted by Gasteiger charge is -2.35. The predicted octanol–water partition coefficient (Wildman–Crippen LogP) is 1.82. The van der Waals surface area contributed by atoms with E-state index in [9.17, 15) is 9.59 Å². The molecule has 0 spiro atoms. The zero-order chi connectivity index (χ0) is 23.9. The number of anilines is 3. The fraction of sp³-hybridized carbons (Fsp3) is 0.500. The van der Waals surface area contributed by atoms with Crippen LogP contribution in [-0.2, 0) is 14.2 Å². The highest BCUT2D eigenvalue weighted by Crippen LogP contribution is 2.39. The maximum Gasteiger partial charge on any atom is 0.356 e. The summed E-state index contributed by atoms with van der Waals surface area (Å²) >= 11 is 0. The van der Waals surface area contributed by atoms with Crippen molar-refractivity contribution in [2.24, 2.45) is 0 Å². The van der Waals surface area contributed by atoms with E-state index < -0.39 is 17.8 Å². The summed E-state index contributed by atoms with van der Waals surface area (Å²) < 4.78 is 21.6. The Bertz CT molecular complexity index is 1090. The number of fused-ring (bicyclic) bond motifs is 4. The lowest BCUT2D eigenvalue weighted by molar-refractivity contribution is -0.141. The van der Waals surface area contributed by atoms with Crippen molar-refractivity contribution in [1.82, 2.24) is 15.0 Å². The monoisotopic (exact) mass is 470 g/mol. The highest BCUT2D eigenvalue weighted by atomic mass is 16.7. The normalized spacial score (nSPS) is 22.3. The highest BCUT2D eigenvalue weighted by Gasteiger charge is 2.40. The van der Waals surface area contributed by atoms with Crippen LogP contribution in [0.15, 0.2) is 24.5 Å². The molecular weight excluding hydrogens is 444 g/mol. The Morgan fingerprint density at radius 2 is 2.12 bits per heavy atom. The van der Waals surface area contributed by atoms with E-state index in [0.29, 0.717) is 24.8 Å². The van der Waals surface area contributed by atoms with E-state index in [4.69, 9.17) is 18.9 Å². The number of ether oxygens (including phenoxy) is 4. The molecule has 1 N–H and O–H groups in total. The number of nitrogens with one attached hydrogen (secondary N) is 1. The van der Waals surface area contributed by atoms with Crippen LogP contribution in [0, 0.1) is 0 Å². The van der Waals surface area contributed by atoms with E-state index in [2.05, 4.69) is 25.2 Å². The zero-order valence-corrected chi connectivity index (χ0v) is 19.2. The van der Waals surface area contributed by atoms with Crippen LogP contribution in [0.2, 0.25) is 0 Å². The zero-order valence-electron chi connectivity index (χ0n) is 19.2. The smallest absolute Gasteiger partial charge is 0.356 e. The van der Waals surface area contributed by atoms with Crippen LogP contribution in [0.4, 0.5) is 22.1 Å². The van der Waals surface area contributed by atoms with Gasteiger partial charge in [0.05, 0.1) is 37.8 Å². The summed E-state index contributed by atoms with van der Waals surface area (Å²) in [6, 6.07) is 2.93. The second-order valence-corrected chi connectivity index (χ2v) is 8.72. The molecule has 2 saturated heterocycles. The molecule has 0 aliphatic carbocycles. The first-order valence-corrected chi connectivity index (χ1v) is 11.0. The minimum absolute atomic E-state index is 0.0682. The van der Waals surface area contributed by atoms with Gasteiger partial charge >= 0.3 is 12.0 Å². The number of hydrogen-bond donors (Lipinski definition) is 1. The van der Waals surface area contributed by atoms with Crippen molar-refractivity contribution in [3.05, 3.63) is 30.2 Å². The average molecular weight is 470 g/mol. The predicted molar refractivity (Wildman–Crippen MR) is 120 cm³/mol. The Morgan fingerprint density at radius 1 is 1.26 bits per heavy atom. The molecule has 2 bridgehead atoms. The van der Waals surface area contributed by atoms with Crippen LogP contribution < -0.4 is 19.9 Å². The number of pyridine rings is 1. The van der Waals surface area contributed by atoms with Gasteiger partial charge in [0.25, 0.3) is 0 Å². The molecule has 2 atom stereocenters. The number of carbonyl (C=O) groups is 2. The lowest BCUT2D eigenvalue weighted by Crippen LogP contribution is -2.48. The van der Waals surface area contributed by atoms with Crippen molar-refractivity contribution < 1.29 is 28.5 Å². The molecule has 0 saturated carbocycles. The highest BCUT2D eigenvalue weighted by molar-refractivity contribution is 6.04. The fourth-order valence-corrected chi connectivity index (χ4v) is 4.34. The Morgan fingerprint density at radius 3 is 2.82 bits per heavy atom. The minimum atomic E-state index is -0.621. The molecule has 34 heavy (non-hydrogen) atoms. The number of aromatic nitrogens is 3. The van der Waals surface area contributed by atoms with Crippen LogP contribution in [0.25, 0.3) is 0 Å². The molecule has 180 valence electrons. The molecule has 0 aromatic carbocycles. The largest absolute Gasteiger partial charge is 0.474 e. The molecule has 0 unspecified atom stereocenters. The third-order valence-corrected chi connectivity index (χ3v) is 5.91. The van der Waals surface area contributed by atoms with Gasteiger partial charge < -0.3 is 23.8 Å². The van der Waals surface area contributed by atoms with Crippen LogP contribution in [0.3, 0.4) is 0 Å². The maximum atomic E-state index is 13.2. The molecule has 0 radical (unpaired) electrons. The van der Waals surface area contributed by atoms with Gasteiger partial charge in [-0.2, -0.15) is 0 Å². The van der Waals surface area contributed by atoms with Crippen molar-refractivity contribution in [1.29, 1.82) is 0 Å². The number of nitrogens with zero attached hydrogens (tertiary/aromatic N) is 5. The Labute approximate surface area is 196 Å². The van der Waals surface area contributed by atoms with Gasteiger partial charge in [-0.05, 0) is 32.4 Å². The van der Waals surface area contributed by atoms with Crippen molar-refractivity contribution in [2.75, 3.05) is 48.5 Å². The van der Waals surface area contributed by atoms with Gasteiger partial charge in [-0.25, -0.2) is 24.5 Å². The molecule has 2 amide bonds. The molecule has 3 aliphatic rings. The molecule has 2 aromatic heterocycles. The summed E-state index contributed by atoms with van der Waals surface area (Å²) in [5.74, 6) is -0.182. The van der Waals surface area contributed by atoms with E-state index in [1.54, 1.807) is 17.0 Å². The van der Waals surface area contributed by atoms with E-state index in [0.717, 1.165) is 18.7 Å². The van der Waals surface area contributed by atoms with Crippen LogP contribution >= 0.6 is 0 Å². The van der Waals surface area contributed by atoms with Crippen molar-refractivity contribution in [3.8, 4) is 5.88 Å². The molecule has 2 aromatic rings. The topological polar surface area (TPSA) is 128 Å². The summed E-state index contributed by atoms with van der Waals surface area (Å²) in [6.07, 6.45) is 3.46. The molecule has 5 heterocycles. The second kappa shape index (κ2) is 8.69. The summed E-state index contributed by atoms with van der Waals surface area (Å²) in [5, 5.41) is 2.77. The lowest BCUT2D eigenvalue weighted by atomic mass is 10.2. The average Bonchev–Trinajstić information content (AvgIpc) is 3.41. The van der Waals surface area contributed by atoms with Crippen molar-refractivity contribution >= 4 is 29.3 Å². The van der Waals surface area contributed by atoms with E-state index in [1.165, 1.54) is 19.5 Å². The van der Waals surface area contributed by atoms with E-state index in [-0.39, 0.29) is 30.3 Å². The Balaban J connectivity index is 1.27. The number of esters is 1. The third-order valence-electron chi connectivity index (χ3n) is 5.91. The number of rotatable bonds is 5. The summed E-state index contributed by atoms with van der Waals surface area (Å²) in [7, 11) is 1.29. The molecular formula is C22H26N6O6.